The number of halogens is 1. The first-order chi connectivity index (χ1) is 8.07. The third-order valence-electron chi connectivity index (χ3n) is 2.93. The highest BCUT2D eigenvalue weighted by atomic mass is 19.1. The summed E-state index contributed by atoms with van der Waals surface area (Å²) in [6.07, 6.45) is 4.24. The van der Waals surface area contributed by atoms with Crippen LogP contribution in [0.4, 0.5) is 4.39 Å². The second-order valence-electron chi connectivity index (χ2n) is 4.79. The third kappa shape index (κ3) is 3.81. The van der Waals surface area contributed by atoms with Crippen LogP contribution >= 0.6 is 0 Å². The monoisotopic (exact) mass is 237 g/mol. The van der Waals surface area contributed by atoms with E-state index in [4.69, 9.17) is 0 Å². The summed E-state index contributed by atoms with van der Waals surface area (Å²) in [6, 6.07) is 5.24. The Labute approximate surface area is 104 Å². The standard InChI is InChI=1S/C15H22FO/c1-4-5-6-8-12-9-7-10-13(14(12)16)15(17)11(2)3/h7-11,15,17H,4-6H2,1-3H3. The first-order valence-corrected chi connectivity index (χ1v) is 6.37. The van der Waals surface area contributed by atoms with Gasteiger partial charge in [0.25, 0.3) is 0 Å². The van der Waals surface area contributed by atoms with Gasteiger partial charge in [-0.05, 0) is 24.3 Å². The summed E-state index contributed by atoms with van der Waals surface area (Å²) >= 11 is 0. The van der Waals surface area contributed by atoms with E-state index >= 15 is 0 Å². The van der Waals surface area contributed by atoms with E-state index in [-0.39, 0.29) is 11.7 Å². The molecule has 0 spiro atoms. The lowest BCUT2D eigenvalue weighted by Gasteiger charge is -2.17. The summed E-state index contributed by atoms with van der Waals surface area (Å²) in [7, 11) is 0. The summed E-state index contributed by atoms with van der Waals surface area (Å²) < 4.78 is 14.1. The number of aliphatic hydroxyl groups is 1. The van der Waals surface area contributed by atoms with Crippen molar-refractivity contribution in [3.63, 3.8) is 0 Å². The van der Waals surface area contributed by atoms with E-state index in [2.05, 4.69) is 6.92 Å². The molecule has 0 aliphatic rings. The Balaban J connectivity index is 2.83. The first kappa shape index (κ1) is 14.2. The van der Waals surface area contributed by atoms with Crippen LogP contribution < -0.4 is 0 Å². The summed E-state index contributed by atoms with van der Waals surface area (Å²) in [6.45, 7) is 5.89. The highest BCUT2D eigenvalue weighted by Crippen LogP contribution is 2.26. The van der Waals surface area contributed by atoms with Crippen LogP contribution in [0.1, 0.15) is 57.3 Å². The van der Waals surface area contributed by atoms with Crippen molar-refractivity contribution in [2.45, 2.75) is 46.1 Å². The molecule has 95 valence electrons. The van der Waals surface area contributed by atoms with Crippen LogP contribution in [0.3, 0.4) is 0 Å². The van der Waals surface area contributed by atoms with Crippen LogP contribution in [-0.2, 0) is 0 Å². The van der Waals surface area contributed by atoms with Gasteiger partial charge >= 0.3 is 0 Å². The molecule has 1 aromatic carbocycles. The Morgan fingerprint density at radius 2 is 2.06 bits per heavy atom. The van der Waals surface area contributed by atoms with E-state index in [9.17, 15) is 9.50 Å². The molecule has 0 bridgehead atoms. The van der Waals surface area contributed by atoms with Gasteiger partial charge in [-0.1, -0.05) is 51.8 Å². The maximum Gasteiger partial charge on any atom is 0.132 e. The number of unbranched alkanes of at least 4 members (excludes halogenated alkanes) is 2. The van der Waals surface area contributed by atoms with E-state index in [1.54, 1.807) is 12.1 Å². The van der Waals surface area contributed by atoms with E-state index in [0.717, 1.165) is 19.3 Å². The van der Waals surface area contributed by atoms with E-state index in [0.29, 0.717) is 11.1 Å². The van der Waals surface area contributed by atoms with Crippen LogP contribution in [0.15, 0.2) is 18.2 Å². The van der Waals surface area contributed by atoms with Gasteiger partial charge in [0, 0.05) is 5.56 Å². The smallest absolute Gasteiger partial charge is 0.132 e. The molecule has 1 N–H and O–H groups in total. The van der Waals surface area contributed by atoms with Crippen molar-refractivity contribution >= 4 is 0 Å². The summed E-state index contributed by atoms with van der Waals surface area (Å²) in [5.41, 5.74) is 1.01. The number of hydrogen-bond donors (Lipinski definition) is 1. The predicted octanol–water partition coefficient (Wildman–Crippen LogP) is 4.26. The highest BCUT2D eigenvalue weighted by molar-refractivity contribution is 5.32. The largest absolute Gasteiger partial charge is 0.388 e. The van der Waals surface area contributed by atoms with Gasteiger partial charge in [0.2, 0.25) is 0 Å². The molecular formula is C15H22FO. The molecule has 1 atom stereocenters. The van der Waals surface area contributed by atoms with Gasteiger partial charge in [0.05, 0.1) is 6.10 Å². The summed E-state index contributed by atoms with van der Waals surface area (Å²) in [5.74, 6) is -0.250. The molecule has 1 unspecified atom stereocenters. The van der Waals surface area contributed by atoms with E-state index in [1.807, 2.05) is 26.3 Å². The molecule has 0 amide bonds. The molecule has 0 aromatic heterocycles. The van der Waals surface area contributed by atoms with Crippen LogP contribution in [-0.4, -0.2) is 5.11 Å². The highest BCUT2D eigenvalue weighted by Gasteiger charge is 2.18. The average Bonchev–Trinajstić information content (AvgIpc) is 2.30. The van der Waals surface area contributed by atoms with Crippen molar-refractivity contribution in [1.29, 1.82) is 0 Å². The van der Waals surface area contributed by atoms with Gasteiger partial charge in [0.1, 0.15) is 5.82 Å². The van der Waals surface area contributed by atoms with Gasteiger partial charge in [-0.2, -0.15) is 0 Å². The number of hydrogen-bond acceptors (Lipinski definition) is 1. The van der Waals surface area contributed by atoms with Crippen molar-refractivity contribution in [2.75, 3.05) is 0 Å². The van der Waals surface area contributed by atoms with Crippen molar-refractivity contribution < 1.29 is 9.50 Å². The lowest BCUT2D eigenvalue weighted by Crippen LogP contribution is -2.09. The second kappa shape index (κ2) is 6.75. The predicted molar refractivity (Wildman–Crippen MR) is 69.1 cm³/mol. The molecule has 0 fully saturated rings. The Morgan fingerprint density at radius 1 is 1.35 bits per heavy atom. The van der Waals surface area contributed by atoms with Crippen molar-refractivity contribution in [1.82, 2.24) is 0 Å². The molecule has 0 heterocycles. The zero-order chi connectivity index (χ0) is 12.8. The fourth-order valence-corrected chi connectivity index (χ4v) is 1.78. The van der Waals surface area contributed by atoms with Gasteiger partial charge in [-0.25, -0.2) is 4.39 Å². The average molecular weight is 237 g/mol. The van der Waals surface area contributed by atoms with Crippen molar-refractivity contribution in [2.24, 2.45) is 5.92 Å². The molecular weight excluding hydrogens is 215 g/mol. The van der Waals surface area contributed by atoms with Gasteiger partial charge in [-0.15, -0.1) is 0 Å². The Morgan fingerprint density at radius 3 is 2.65 bits per heavy atom. The van der Waals surface area contributed by atoms with Gasteiger partial charge < -0.3 is 5.11 Å². The van der Waals surface area contributed by atoms with E-state index in [1.165, 1.54) is 0 Å². The Bertz CT molecular complexity index is 347. The molecule has 1 aromatic rings. The summed E-state index contributed by atoms with van der Waals surface area (Å²) in [4.78, 5) is 0. The zero-order valence-electron chi connectivity index (χ0n) is 10.9. The lowest BCUT2D eigenvalue weighted by molar-refractivity contribution is 0.122. The first-order valence-electron chi connectivity index (χ1n) is 6.37. The Hall–Kier alpha value is -0.890. The second-order valence-corrected chi connectivity index (χ2v) is 4.79. The topological polar surface area (TPSA) is 20.2 Å². The van der Waals surface area contributed by atoms with E-state index < -0.39 is 6.10 Å². The SMILES string of the molecule is CCCC[CH]c1cccc(C(O)C(C)C)c1F. The third-order valence-corrected chi connectivity index (χ3v) is 2.93. The maximum atomic E-state index is 14.1. The Kier molecular flexibility index (Phi) is 5.63. The molecule has 2 heteroatoms. The molecule has 1 rings (SSSR count). The molecule has 17 heavy (non-hydrogen) atoms. The lowest BCUT2D eigenvalue weighted by atomic mass is 9.95. The normalized spacial score (nSPS) is 13.1. The quantitative estimate of drug-likeness (QED) is 0.733. The van der Waals surface area contributed by atoms with Crippen LogP contribution in [0, 0.1) is 18.2 Å². The minimum Gasteiger partial charge on any atom is -0.388 e. The molecule has 0 saturated carbocycles. The molecule has 0 aliphatic heterocycles. The zero-order valence-corrected chi connectivity index (χ0v) is 10.9. The maximum absolute atomic E-state index is 14.1. The van der Waals surface area contributed by atoms with Crippen LogP contribution in [0.2, 0.25) is 0 Å². The molecule has 1 radical (unpaired) electrons. The minimum atomic E-state index is -0.727. The number of aliphatic hydroxyl groups excluding tert-OH is 1. The van der Waals surface area contributed by atoms with Crippen molar-refractivity contribution in [3.05, 3.63) is 41.6 Å². The fraction of sp³-hybridized carbons (Fsp3) is 0.533. The number of benzene rings is 1. The fourth-order valence-electron chi connectivity index (χ4n) is 1.78. The molecule has 0 aliphatic carbocycles. The van der Waals surface area contributed by atoms with Crippen LogP contribution in [0.25, 0.3) is 0 Å². The van der Waals surface area contributed by atoms with Crippen LogP contribution in [0.5, 0.6) is 0 Å². The van der Waals surface area contributed by atoms with Crippen molar-refractivity contribution in [3.8, 4) is 0 Å². The minimum absolute atomic E-state index is 0.0235. The number of rotatable bonds is 6. The molecule has 0 saturated heterocycles. The summed E-state index contributed by atoms with van der Waals surface area (Å²) in [5, 5.41) is 9.92. The van der Waals surface area contributed by atoms with Gasteiger partial charge in [0.15, 0.2) is 0 Å². The molecule has 1 nitrogen and oxygen atoms in total. The van der Waals surface area contributed by atoms with Gasteiger partial charge in [-0.3, -0.25) is 0 Å².